The van der Waals surface area contributed by atoms with Crippen LogP contribution in [0.2, 0.25) is 0 Å². The number of aryl methyl sites for hydroxylation is 2. The molecule has 0 spiro atoms. The molecular weight excluding hydrogens is 354 g/mol. The number of nitrogens with one attached hydrogen (secondary N) is 1. The zero-order valence-electron chi connectivity index (χ0n) is 16.2. The SMILES string of the molecule is COc1ccc(-c2cc(CNC(=O)COc3cc(C)cc(C)c3)ncn2)cc1. The van der Waals surface area contributed by atoms with Crippen molar-refractivity contribution in [1.29, 1.82) is 0 Å². The van der Waals surface area contributed by atoms with Crippen molar-refractivity contribution in [2.45, 2.75) is 20.4 Å². The fourth-order valence-corrected chi connectivity index (χ4v) is 2.82. The number of methoxy groups -OCH3 is 1. The van der Waals surface area contributed by atoms with Crippen molar-refractivity contribution < 1.29 is 14.3 Å². The first-order valence-electron chi connectivity index (χ1n) is 8.96. The fourth-order valence-electron chi connectivity index (χ4n) is 2.82. The van der Waals surface area contributed by atoms with E-state index in [0.717, 1.165) is 33.8 Å². The first kappa shape index (κ1) is 19.4. The molecule has 0 fully saturated rings. The Kier molecular flexibility index (Phi) is 6.22. The fraction of sp³-hybridized carbons (Fsp3) is 0.227. The highest BCUT2D eigenvalue weighted by Gasteiger charge is 2.07. The van der Waals surface area contributed by atoms with E-state index in [1.54, 1.807) is 7.11 Å². The minimum atomic E-state index is -0.205. The second-order valence-corrected chi connectivity index (χ2v) is 6.51. The Morgan fingerprint density at radius 1 is 0.964 bits per heavy atom. The molecule has 1 N–H and O–H groups in total. The lowest BCUT2D eigenvalue weighted by atomic mass is 10.1. The summed E-state index contributed by atoms with van der Waals surface area (Å²) in [5, 5.41) is 2.82. The lowest BCUT2D eigenvalue weighted by Gasteiger charge is -2.09. The Bertz CT molecular complexity index is 935. The molecule has 1 heterocycles. The van der Waals surface area contributed by atoms with Crippen LogP contribution in [0.1, 0.15) is 16.8 Å². The van der Waals surface area contributed by atoms with Crippen molar-refractivity contribution in [2.24, 2.45) is 0 Å². The Hall–Kier alpha value is -3.41. The number of carbonyl (C=O) groups excluding carboxylic acids is 1. The molecule has 144 valence electrons. The number of carbonyl (C=O) groups is 1. The minimum Gasteiger partial charge on any atom is -0.497 e. The van der Waals surface area contributed by atoms with Gasteiger partial charge in [-0.15, -0.1) is 0 Å². The van der Waals surface area contributed by atoms with Gasteiger partial charge in [0.05, 0.1) is 25.0 Å². The smallest absolute Gasteiger partial charge is 0.258 e. The quantitative estimate of drug-likeness (QED) is 0.683. The van der Waals surface area contributed by atoms with Gasteiger partial charge in [-0.1, -0.05) is 6.07 Å². The third-order valence-electron chi connectivity index (χ3n) is 4.14. The zero-order chi connectivity index (χ0) is 19.9. The Morgan fingerprint density at radius 2 is 1.68 bits per heavy atom. The van der Waals surface area contributed by atoms with Crippen LogP contribution in [0.25, 0.3) is 11.3 Å². The standard InChI is InChI=1S/C22H23N3O3/c1-15-8-16(2)10-20(9-15)28-13-22(26)23-12-18-11-21(25-14-24-18)17-4-6-19(27-3)7-5-17/h4-11,14H,12-13H2,1-3H3,(H,23,26). The molecule has 6 nitrogen and oxygen atoms in total. The second kappa shape index (κ2) is 8.99. The maximum atomic E-state index is 12.1. The molecule has 3 rings (SSSR count). The summed E-state index contributed by atoms with van der Waals surface area (Å²) in [4.78, 5) is 20.6. The van der Waals surface area contributed by atoms with Crippen LogP contribution < -0.4 is 14.8 Å². The van der Waals surface area contributed by atoms with Crippen LogP contribution >= 0.6 is 0 Å². The molecule has 0 unspecified atom stereocenters. The predicted octanol–water partition coefficient (Wildman–Crippen LogP) is 3.46. The molecule has 1 aromatic heterocycles. The molecule has 0 aliphatic rings. The highest BCUT2D eigenvalue weighted by atomic mass is 16.5. The molecule has 6 heteroatoms. The zero-order valence-corrected chi connectivity index (χ0v) is 16.2. The van der Waals surface area contributed by atoms with Gasteiger partial charge in [0.2, 0.25) is 0 Å². The number of hydrogen-bond donors (Lipinski definition) is 1. The van der Waals surface area contributed by atoms with Crippen LogP contribution in [0.3, 0.4) is 0 Å². The summed E-state index contributed by atoms with van der Waals surface area (Å²) in [5.74, 6) is 1.27. The van der Waals surface area contributed by atoms with Crippen LogP contribution in [0, 0.1) is 13.8 Å². The highest BCUT2D eigenvalue weighted by Crippen LogP contribution is 2.20. The molecule has 1 amide bonds. The number of amides is 1. The number of benzene rings is 2. The highest BCUT2D eigenvalue weighted by molar-refractivity contribution is 5.77. The van der Waals surface area contributed by atoms with Crippen LogP contribution in [-0.4, -0.2) is 29.6 Å². The number of rotatable bonds is 7. The lowest BCUT2D eigenvalue weighted by molar-refractivity contribution is -0.123. The summed E-state index contributed by atoms with van der Waals surface area (Å²) in [5.41, 5.74) is 4.66. The molecule has 0 bridgehead atoms. The molecule has 0 aliphatic carbocycles. The van der Waals surface area contributed by atoms with Crippen molar-refractivity contribution in [1.82, 2.24) is 15.3 Å². The summed E-state index contributed by atoms with van der Waals surface area (Å²) >= 11 is 0. The van der Waals surface area contributed by atoms with Crippen molar-refractivity contribution in [3.63, 3.8) is 0 Å². The minimum absolute atomic E-state index is 0.0423. The first-order chi connectivity index (χ1) is 13.5. The third kappa shape index (κ3) is 5.30. The molecule has 3 aromatic rings. The van der Waals surface area contributed by atoms with Crippen LogP contribution in [0.5, 0.6) is 11.5 Å². The Morgan fingerprint density at radius 3 is 2.36 bits per heavy atom. The van der Waals surface area contributed by atoms with Crippen molar-refractivity contribution in [3.05, 3.63) is 71.7 Å². The molecular formula is C22H23N3O3. The summed E-state index contributed by atoms with van der Waals surface area (Å²) in [7, 11) is 1.63. The normalized spacial score (nSPS) is 10.4. The van der Waals surface area contributed by atoms with E-state index in [4.69, 9.17) is 9.47 Å². The molecule has 0 atom stereocenters. The van der Waals surface area contributed by atoms with E-state index in [-0.39, 0.29) is 12.5 Å². The molecule has 0 saturated carbocycles. The summed E-state index contributed by atoms with van der Waals surface area (Å²) in [6.07, 6.45) is 1.49. The van der Waals surface area contributed by atoms with Gasteiger partial charge in [-0.25, -0.2) is 9.97 Å². The molecule has 28 heavy (non-hydrogen) atoms. The average molecular weight is 377 g/mol. The topological polar surface area (TPSA) is 73.3 Å². The Balaban J connectivity index is 1.55. The summed E-state index contributed by atoms with van der Waals surface area (Å²) < 4.78 is 10.7. The monoisotopic (exact) mass is 377 g/mol. The molecule has 0 aliphatic heterocycles. The number of hydrogen-bond acceptors (Lipinski definition) is 5. The van der Waals surface area contributed by atoms with E-state index in [0.29, 0.717) is 12.3 Å². The van der Waals surface area contributed by atoms with Crippen LogP contribution in [0.4, 0.5) is 0 Å². The van der Waals surface area contributed by atoms with Gasteiger partial charge < -0.3 is 14.8 Å². The van der Waals surface area contributed by atoms with Crippen LogP contribution in [-0.2, 0) is 11.3 Å². The maximum Gasteiger partial charge on any atom is 0.258 e. The van der Waals surface area contributed by atoms with E-state index in [2.05, 4.69) is 21.4 Å². The number of aromatic nitrogens is 2. The van der Waals surface area contributed by atoms with E-state index in [1.807, 2.05) is 56.3 Å². The van der Waals surface area contributed by atoms with Crippen molar-refractivity contribution >= 4 is 5.91 Å². The second-order valence-electron chi connectivity index (χ2n) is 6.51. The number of ether oxygens (including phenoxy) is 2. The first-order valence-corrected chi connectivity index (χ1v) is 8.96. The average Bonchev–Trinajstić information content (AvgIpc) is 2.70. The van der Waals surface area contributed by atoms with E-state index in [9.17, 15) is 4.79 Å². The van der Waals surface area contributed by atoms with Crippen molar-refractivity contribution in [3.8, 4) is 22.8 Å². The Labute approximate surface area is 164 Å². The van der Waals surface area contributed by atoms with Crippen molar-refractivity contribution in [2.75, 3.05) is 13.7 Å². The van der Waals surface area contributed by atoms with E-state index < -0.39 is 0 Å². The van der Waals surface area contributed by atoms with Crippen LogP contribution in [0.15, 0.2) is 54.9 Å². The van der Waals surface area contributed by atoms with Gasteiger partial charge in [-0.3, -0.25) is 4.79 Å². The summed E-state index contributed by atoms with van der Waals surface area (Å²) in [6.45, 7) is 4.25. The van der Waals surface area contributed by atoms with Gasteiger partial charge in [0, 0.05) is 5.56 Å². The van der Waals surface area contributed by atoms with Gasteiger partial charge >= 0.3 is 0 Å². The number of nitrogens with zero attached hydrogens (tertiary/aromatic N) is 2. The molecule has 2 aromatic carbocycles. The van der Waals surface area contributed by atoms with Gasteiger partial charge in [-0.2, -0.15) is 0 Å². The van der Waals surface area contributed by atoms with E-state index >= 15 is 0 Å². The third-order valence-corrected chi connectivity index (χ3v) is 4.14. The van der Waals surface area contributed by atoms with Gasteiger partial charge in [0.1, 0.15) is 17.8 Å². The largest absolute Gasteiger partial charge is 0.497 e. The molecule has 0 saturated heterocycles. The summed E-state index contributed by atoms with van der Waals surface area (Å²) in [6, 6.07) is 15.3. The molecule has 0 radical (unpaired) electrons. The predicted molar refractivity (Wildman–Crippen MR) is 107 cm³/mol. The maximum absolute atomic E-state index is 12.1. The van der Waals surface area contributed by atoms with Gasteiger partial charge in [0.25, 0.3) is 5.91 Å². The lowest BCUT2D eigenvalue weighted by Crippen LogP contribution is -2.28. The van der Waals surface area contributed by atoms with E-state index in [1.165, 1.54) is 6.33 Å². The van der Waals surface area contributed by atoms with Gasteiger partial charge in [0.15, 0.2) is 6.61 Å². The van der Waals surface area contributed by atoms with Gasteiger partial charge in [-0.05, 0) is 67.4 Å².